The molecule has 0 aromatic heterocycles. The van der Waals surface area contributed by atoms with Gasteiger partial charge in [0.05, 0.1) is 0 Å². The molecule has 2 rings (SSSR count). The third-order valence-corrected chi connectivity index (χ3v) is 1.31. The molecule has 0 saturated carbocycles. The van der Waals surface area contributed by atoms with Crippen LogP contribution in [0.4, 0.5) is 0 Å². The smallest absolute Gasteiger partial charge is 0 e. The largest absolute Gasteiger partial charge is 0.0808 e. The van der Waals surface area contributed by atoms with E-state index in [1.54, 1.807) is 0 Å². The van der Waals surface area contributed by atoms with Crippen molar-refractivity contribution in [3.8, 4) is 0 Å². The molecular weight excluding hydrogens is 239 g/mol. The zero-order valence-electron chi connectivity index (χ0n) is 6.53. The molecule has 11 heavy (non-hydrogen) atoms. The first-order valence-corrected chi connectivity index (χ1v) is 3.63. The van der Waals surface area contributed by atoms with Gasteiger partial charge in [0.15, 0.2) is 0 Å². The number of rotatable bonds is 0. The van der Waals surface area contributed by atoms with Crippen LogP contribution in [0.5, 0.6) is 0 Å². The van der Waals surface area contributed by atoms with Crippen LogP contribution in [-0.4, -0.2) is 23.9 Å². The van der Waals surface area contributed by atoms with E-state index in [1.165, 1.54) is 0 Å². The molecular formula is C10H12Sn. The second-order valence-electron chi connectivity index (χ2n) is 2.18. The van der Waals surface area contributed by atoms with Gasteiger partial charge in [-0.15, -0.1) is 0 Å². The van der Waals surface area contributed by atoms with E-state index in [1.807, 2.05) is 0 Å². The third kappa shape index (κ3) is 6.17. The Balaban J connectivity index is 0.000000167. The summed E-state index contributed by atoms with van der Waals surface area (Å²) < 4.78 is 0. The van der Waals surface area contributed by atoms with E-state index in [9.17, 15) is 0 Å². The molecule has 0 aromatic rings. The molecule has 0 N–H and O–H groups in total. The predicted octanol–water partition coefficient (Wildman–Crippen LogP) is 2.62. The van der Waals surface area contributed by atoms with Crippen molar-refractivity contribution in [2.24, 2.45) is 0 Å². The van der Waals surface area contributed by atoms with Gasteiger partial charge in [-0.3, -0.25) is 0 Å². The van der Waals surface area contributed by atoms with E-state index in [2.05, 4.69) is 48.6 Å². The molecule has 0 aliphatic heterocycles. The molecule has 0 unspecified atom stereocenters. The maximum absolute atomic E-state index is 2.12. The summed E-state index contributed by atoms with van der Waals surface area (Å²) in [7, 11) is 0. The zero-order chi connectivity index (χ0) is 7.07. The van der Waals surface area contributed by atoms with Crippen LogP contribution in [0.15, 0.2) is 48.6 Å². The molecule has 0 spiro atoms. The Hall–Kier alpha value is -0.241. The minimum absolute atomic E-state index is 0. The van der Waals surface area contributed by atoms with Gasteiger partial charge in [-0.25, -0.2) is 0 Å². The van der Waals surface area contributed by atoms with Crippen LogP contribution in [0.25, 0.3) is 0 Å². The Morgan fingerprint density at radius 3 is 0.909 bits per heavy atom. The second-order valence-corrected chi connectivity index (χ2v) is 2.18. The quantitative estimate of drug-likeness (QED) is 0.580. The summed E-state index contributed by atoms with van der Waals surface area (Å²) in [6, 6.07) is 0. The first-order chi connectivity index (χ1) is 5.00. The molecule has 2 aliphatic carbocycles. The van der Waals surface area contributed by atoms with E-state index in [-0.39, 0.29) is 23.9 Å². The normalized spacial score (nSPS) is 16.0. The van der Waals surface area contributed by atoms with Crippen LogP contribution in [0, 0.1) is 0 Å². The van der Waals surface area contributed by atoms with Gasteiger partial charge < -0.3 is 0 Å². The van der Waals surface area contributed by atoms with Crippen molar-refractivity contribution in [2.45, 2.75) is 12.8 Å². The summed E-state index contributed by atoms with van der Waals surface area (Å²) in [6.07, 6.45) is 19.0. The standard InChI is InChI=1S/2C5H6.Sn/c2*1-2-4-5-3-1;/h2*1-4H,5H2;. The summed E-state index contributed by atoms with van der Waals surface area (Å²) in [5, 5.41) is 0. The van der Waals surface area contributed by atoms with Gasteiger partial charge in [0.1, 0.15) is 0 Å². The molecule has 4 radical (unpaired) electrons. The average molecular weight is 251 g/mol. The van der Waals surface area contributed by atoms with Crippen LogP contribution in [0.3, 0.4) is 0 Å². The minimum atomic E-state index is 0. The Labute approximate surface area is 85.3 Å². The fourth-order valence-electron chi connectivity index (χ4n) is 0.786. The maximum atomic E-state index is 2.12. The number of allylic oxidation sites excluding steroid dienone is 8. The fraction of sp³-hybridized carbons (Fsp3) is 0.200. The molecule has 56 valence electrons. The van der Waals surface area contributed by atoms with E-state index in [0.717, 1.165) is 12.8 Å². The van der Waals surface area contributed by atoms with Gasteiger partial charge in [0.2, 0.25) is 0 Å². The van der Waals surface area contributed by atoms with Crippen LogP contribution in [0.1, 0.15) is 12.8 Å². The molecule has 0 bridgehead atoms. The summed E-state index contributed by atoms with van der Waals surface area (Å²) in [5.41, 5.74) is 0. The minimum Gasteiger partial charge on any atom is -0.0808 e. The Kier molecular flexibility index (Phi) is 7.69. The van der Waals surface area contributed by atoms with Crippen LogP contribution in [-0.2, 0) is 0 Å². The third-order valence-electron chi connectivity index (χ3n) is 1.31. The fourth-order valence-corrected chi connectivity index (χ4v) is 0.786. The van der Waals surface area contributed by atoms with Crippen molar-refractivity contribution < 1.29 is 0 Å². The van der Waals surface area contributed by atoms with E-state index >= 15 is 0 Å². The molecule has 0 nitrogen and oxygen atoms in total. The molecule has 0 atom stereocenters. The van der Waals surface area contributed by atoms with Gasteiger partial charge in [-0.05, 0) is 12.8 Å². The van der Waals surface area contributed by atoms with E-state index < -0.39 is 0 Å². The van der Waals surface area contributed by atoms with Crippen molar-refractivity contribution >= 4 is 23.9 Å². The van der Waals surface area contributed by atoms with Crippen molar-refractivity contribution in [3.05, 3.63) is 48.6 Å². The average Bonchev–Trinajstić information content (AvgIpc) is 2.67. The Bertz CT molecular complexity index is 143. The molecule has 0 amide bonds. The van der Waals surface area contributed by atoms with E-state index in [4.69, 9.17) is 0 Å². The van der Waals surface area contributed by atoms with E-state index in [0.29, 0.717) is 0 Å². The first-order valence-electron chi connectivity index (χ1n) is 3.63. The second kappa shape index (κ2) is 7.86. The topological polar surface area (TPSA) is 0 Å². The molecule has 0 saturated heterocycles. The first kappa shape index (κ1) is 10.8. The predicted molar refractivity (Wildman–Crippen MR) is 51.5 cm³/mol. The van der Waals surface area contributed by atoms with Gasteiger partial charge in [0, 0.05) is 23.9 Å². The molecule has 1 heteroatoms. The summed E-state index contributed by atoms with van der Waals surface area (Å²) >= 11 is 0. The van der Waals surface area contributed by atoms with Gasteiger partial charge in [-0.1, -0.05) is 48.6 Å². The van der Waals surface area contributed by atoms with Crippen molar-refractivity contribution in [1.82, 2.24) is 0 Å². The van der Waals surface area contributed by atoms with Crippen molar-refractivity contribution in [3.63, 3.8) is 0 Å². The van der Waals surface area contributed by atoms with Gasteiger partial charge in [0.25, 0.3) is 0 Å². The number of hydrogen-bond acceptors (Lipinski definition) is 0. The van der Waals surface area contributed by atoms with Gasteiger partial charge >= 0.3 is 0 Å². The molecule has 0 heterocycles. The Morgan fingerprint density at radius 1 is 0.545 bits per heavy atom. The Morgan fingerprint density at radius 2 is 0.818 bits per heavy atom. The summed E-state index contributed by atoms with van der Waals surface area (Å²) in [5.74, 6) is 0. The van der Waals surface area contributed by atoms with Crippen LogP contribution < -0.4 is 0 Å². The maximum Gasteiger partial charge on any atom is 0 e. The number of hydrogen-bond donors (Lipinski definition) is 0. The van der Waals surface area contributed by atoms with Crippen LogP contribution >= 0.6 is 0 Å². The SMILES string of the molecule is C1=CCC=C1.C1=CCC=C1.[Sn]. The monoisotopic (exact) mass is 252 g/mol. The van der Waals surface area contributed by atoms with Crippen molar-refractivity contribution in [2.75, 3.05) is 0 Å². The van der Waals surface area contributed by atoms with Crippen LogP contribution in [0.2, 0.25) is 0 Å². The summed E-state index contributed by atoms with van der Waals surface area (Å²) in [4.78, 5) is 0. The molecule has 2 aliphatic rings. The van der Waals surface area contributed by atoms with Gasteiger partial charge in [-0.2, -0.15) is 0 Å². The molecule has 0 fully saturated rings. The zero-order valence-corrected chi connectivity index (χ0v) is 9.39. The summed E-state index contributed by atoms with van der Waals surface area (Å²) in [6.45, 7) is 0. The molecule has 0 aromatic carbocycles. The van der Waals surface area contributed by atoms with Crippen molar-refractivity contribution in [1.29, 1.82) is 0 Å².